The Bertz CT molecular complexity index is 282. The van der Waals surface area contributed by atoms with Crippen molar-refractivity contribution in [3.8, 4) is 0 Å². The molecule has 19 heavy (non-hydrogen) atoms. The normalized spacial score (nSPS) is 28.9. The van der Waals surface area contributed by atoms with Crippen LogP contribution in [0.1, 0.15) is 45.4 Å². The zero-order chi connectivity index (χ0) is 13.0. The fourth-order valence-electron chi connectivity index (χ4n) is 3.28. The van der Waals surface area contributed by atoms with Crippen molar-refractivity contribution in [1.82, 2.24) is 10.2 Å². The monoisotopic (exact) mass is 289 g/mol. The lowest BCUT2D eigenvalue weighted by Gasteiger charge is -2.37. The first-order chi connectivity index (χ1) is 8.69. The number of hydrogen-bond donors (Lipinski definition) is 2. The Hall–Kier alpha value is -0.320. The van der Waals surface area contributed by atoms with Crippen LogP contribution in [0.4, 0.5) is 0 Å². The Kier molecular flexibility index (Phi) is 7.11. The molecular weight excluding hydrogens is 262 g/mol. The third-order valence-corrected chi connectivity index (χ3v) is 4.44. The zero-order valence-corrected chi connectivity index (χ0v) is 12.8. The van der Waals surface area contributed by atoms with E-state index in [1.807, 2.05) is 0 Å². The summed E-state index contributed by atoms with van der Waals surface area (Å²) in [7, 11) is 0. The number of likely N-dealkylation sites (tertiary alicyclic amines) is 1. The number of nitrogens with two attached hydrogens (primary N) is 1. The molecule has 1 saturated heterocycles. The highest BCUT2D eigenvalue weighted by Gasteiger charge is 2.27. The van der Waals surface area contributed by atoms with Crippen LogP contribution in [0.2, 0.25) is 0 Å². The molecule has 2 fully saturated rings. The number of amides is 1. The van der Waals surface area contributed by atoms with Crippen molar-refractivity contribution < 1.29 is 4.79 Å². The van der Waals surface area contributed by atoms with Crippen LogP contribution in [-0.4, -0.2) is 42.5 Å². The van der Waals surface area contributed by atoms with E-state index in [0.29, 0.717) is 25.2 Å². The van der Waals surface area contributed by atoms with Crippen LogP contribution < -0.4 is 11.1 Å². The second-order valence-electron chi connectivity index (χ2n) is 6.04. The highest BCUT2D eigenvalue weighted by atomic mass is 35.5. The van der Waals surface area contributed by atoms with E-state index < -0.39 is 0 Å². The summed E-state index contributed by atoms with van der Waals surface area (Å²) in [5.74, 6) is 0.933. The van der Waals surface area contributed by atoms with Crippen LogP contribution in [0.15, 0.2) is 0 Å². The molecule has 112 valence electrons. The van der Waals surface area contributed by atoms with Gasteiger partial charge in [-0.2, -0.15) is 0 Å². The van der Waals surface area contributed by atoms with E-state index in [4.69, 9.17) is 5.73 Å². The number of nitrogens with one attached hydrogen (secondary N) is 1. The molecule has 2 rings (SSSR count). The van der Waals surface area contributed by atoms with Crippen LogP contribution in [-0.2, 0) is 4.79 Å². The molecule has 1 aliphatic heterocycles. The number of hydrogen-bond acceptors (Lipinski definition) is 3. The molecule has 0 aromatic rings. The van der Waals surface area contributed by atoms with Gasteiger partial charge in [0.15, 0.2) is 0 Å². The average molecular weight is 290 g/mol. The molecule has 0 bridgehead atoms. The van der Waals surface area contributed by atoms with E-state index in [-0.39, 0.29) is 18.3 Å². The van der Waals surface area contributed by atoms with E-state index in [9.17, 15) is 4.79 Å². The minimum atomic E-state index is 0. The molecule has 4 nitrogen and oxygen atoms in total. The minimum absolute atomic E-state index is 0. The molecule has 0 spiro atoms. The predicted octanol–water partition coefficient (Wildman–Crippen LogP) is 1.53. The number of carbonyl (C=O) groups excluding carboxylic acids is 1. The summed E-state index contributed by atoms with van der Waals surface area (Å²) >= 11 is 0. The molecule has 1 amide bonds. The summed E-state index contributed by atoms with van der Waals surface area (Å²) in [5, 5.41) is 3.16. The van der Waals surface area contributed by atoms with Gasteiger partial charge in [0.05, 0.1) is 6.54 Å². The maximum Gasteiger partial charge on any atom is 0.234 e. The van der Waals surface area contributed by atoms with E-state index in [1.165, 1.54) is 19.3 Å². The Morgan fingerprint density at radius 3 is 2.63 bits per heavy atom. The third kappa shape index (κ3) is 4.93. The quantitative estimate of drug-likeness (QED) is 0.825. The number of nitrogens with zero attached hydrogens (tertiary/aromatic N) is 1. The maximum atomic E-state index is 12.0. The van der Waals surface area contributed by atoms with Gasteiger partial charge < -0.3 is 11.1 Å². The van der Waals surface area contributed by atoms with E-state index in [0.717, 1.165) is 31.7 Å². The first kappa shape index (κ1) is 16.7. The highest BCUT2D eigenvalue weighted by molar-refractivity contribution is 5.85. The molecule has 0 aromatic heterocycles. The molecule has 2 unspecified atom stereocenters. The van der Waals surface area contributed by atoms with Gasteiger partial charge in [0, 0.05) is 18.6 Å². The topological polar surface area (TPSA) is 58.4 Å². The summed E-state index contributed by atoms with van der Waals surface area (Å²) in [5.41, 5.74) is 5.82. The van der Waals surface area contributed by atoms with Crippen LogP contribution in [0.25, 0.3) is 0 Å². The van der Waals surface area contributed by atoms with Gasteiger partial charge in [0.25, 0.3) is 0 Å². The van der Waals surface area contributed by atoms with Gasteiger partial charge in [-0.3, -0.25) is 9.69 Å². The Morgan fingerprint density at radius 2 is 2.00 bits per heavy atom. The van der Waals surface area contributed by atoms with Crippen molar-refractivity contribution in [3.05, 3.63) is 0 Å². The molecule has 3 N–H and O–H groups in total. The van der Waals surface area contributed by atoms with Gasteiger partial charge in [-0.1, -0.05) is 19.8 Å². The van der Waals surface area contributed by atoms with Gasteiger partial charge in [-0.25, -0.2) is 0 Å². The molecule has 1 aliphatic carbocycles. The molecule has 1 heterocycles. The minimum Gasteiger partial charge on any atom is -0.352 e. The van der Waals surface area contributed by atoms with Gasteiger partial charge in [0.2, 0.25) is 5.91 Å². The SMILES string of the molecule is CC1CCN(CC(=O)NC2CCCC2)C(CN)C1.Cl. The number of rotatable bonds is 4. The van der Waals surface area contributed by atoms with Crippen LogP contribution in [0.5, 0.6) is 0 Å². The lowest BCUT2D eigenvalue weighted by Crippen LogP contribution is -2.51. The molecule has 0 radical (unpaired) electrons. The lowest BCUT2D eigenvalue weighted by molar-refractivity contribution is -0.124. The van der Waals surface area contributed by atoms with E-state index in [1.54, 1.807) is 0 Å². The highest BCUT2D eigenvalue weighted by Crippen LogP contribution is 2.22. The van der Waals surface area contributed by atoms with E-state index >= 15 is 0 Å². The van der Waals surface area contributed by atoms with Gasteiger partial charge >= 0.3 is 0 Å². The molecular formula is C14H28ClN3O. The second-order valence-corrected chi connectivity index (χ2v) is 6.04. The molecule has 5 heteroatoms. The fraction of sp³-hybridized carbons (Fsp3) is 0.929. The number of piperidine rings is 1. The summed E-state index contributed by atoms with van der Waals surface area (Å²) < 4.78 is 0. The van der Waals surface area contributed by atoms with Crippen molar-refractivity contribution in [2.45, 2.75) is 57.5 Å². The third-order valence-electron chi connectivity index (χ3n) is 4.44. The largest absolute Gasteiger partial charge is 0.352 e. The summed E-state index contributed by atoms with van der Waals surface area (Å²) in [4.78, 5) is 14.3. The van der Waals surface area contributed by atoms with Crippen molar-refractivity contribution in [1.29, 1.82) is 0 Å². The van der Waals surface area contributed by atoms with Crippen LogP contribution >= 0.6 is 12.4 Å². The maximum absolute atomic E-state index is 12.0. The molecule has 0 aromatic carbocycles. The van der Waals surface area contributed by atoms with Gasteiger partial charge in [-0.15, -0.1) is 12.4 Å². The average Bonchev–Trinajstić information content (AvgIpc) is 2.84. The summed E-state index contributed by atoms with van der Waals surface area (Å²) in [6.07, 6.45) is 7.15. The molecule has 2 atom stereocenters. The zero-order valence-electron chi connectivity index (χ0n) is 11.9. The first-order valence-electron chi connectivity index (χ1n) is 7.42. The number of halogens is 1. The lowest BCUT2D eigenvalue weighted by atomic mass is 9.92. The Balaban J connectivity index is 0.00000180. The first-order valence-corrected chi connectivity index (χ1v) is 7.42. The van der Waals surface area contributed by atoms with Crippen molar-refractivity contribution in [2.24, 2.45) is 11.7 Å². The smallest absolute Gasteiger partial charge is 0.234 e. The fourth-order valence-corrected chi connectivity index (χ4v) is 3.28. The molecule has 2 aliphatic rings. The van der Waals surface area contributed by atoms with Crippen molar-refractivity contribution in [3.63, 3.8) is 0 Å². The van der Waals surface area contributed by atoms with Crippen molar-refractivity contribution >= 4 is 18.3 Å². The standard InChI is InChI=1S/C14H27N3O.ClH/c1-11-6-7-17(13(8-11)9-15)10-14(18)16-12-4-2-3-5-12;/h11-13H,2-10,15H2,1H3,(H,16,18);1H. The van der Waals surface area contributed by atoms with Gasteiger partial charge in [0.1, 0.15) is 0 Å². The number of carbonyl (C=O) groups is 1. The van der Waals surface area contributed by atoms with Gasteiger partial charge in [-0.05, 0) is 38.1 Å². The van der Waals surface area contributed by atoms with Crippen LogP contribution in [0.3, 0.4) is 0 Å². The summed E-state index contributed by atoms with van der Waals surface area (Å²) in [6.45, 7) is 4.49. The molecule has 1 saturated carbocycles. The van der Waals surface area contributed by atoms with E-state index in [2.05, 4.69) is 17.1 Å². The predicted molar refractivity (Wildman–Crippen MR) is 80.5 cm³/mol. The van der Waals surface area contributed by atoms with Crippen molar-refractivity contribution in [2.75, 3.05) is 19.6 Å². The van der Waals surface area contributed by atoms with Crippen LogP contribution in [0, 0.1) is 5.92 Å². The summed E-state index contributed by atoms with van der Waals surface area (Å²) in [6, 6.07) is 0.820. The second kappa shape index (κ2) is 8.08. The Morgan fingerprint density at radius 1 is 1.32 bits per heavy atom. The Labute approximate surface area is 122 Å².